The van der Waals surface area contributed by atoms with Gasteiger partial charge in [-0.15, -0.1) is 0 Å². The minimum atomic E-state index is -0.769. The van der Waals surface area contributed by atoms with Crippen LogP contribution < -0.4 is 4.74 Å². The molecule has 0 fully saturated rings. The summed E-state index contributed by atoms with van der Waals surface area (Å²) in [6, 6.07) is 19.3. The lowest BCUT2D eigenvalue weighted by molar-refractivity contribution is -0.149. The van der Waals surface area contributed by atoms with Crippen LogP contribution in [0.3, 0.4) is 0 Å². The second-order valence-corrected chi connectivity index (χ2v) is 3.66. The highest BCUT2D eigenvalue weighted by atomic mass is 16.6. The van der Waals surface area contributed by atoms with Gasteiger partial charge in [0.15, 0.2) is 0 Å². The Morgan fingerprint density at radius 3 is 2.44 bits per heavy atom. The lowest BCUT2D eigenvalue weighted by atomic mass is 10.1. The molecule has 0 saturated heterocycles. The first-order valence-corrected chi connectivity index (χ1v) is 5.57. The van der Waals surface area contributed by atoms with Crippen LogP contribution >= 0.6 is 0 Å². The zero-order valence-corrected chi connectivity index (χ0v) is 10.00. The second kappa shape index (κ2) is 5.87. The molecule has 0 aromatic heterocycles. The number of hydrogen-bond acceptors (Lipinski definition) is 3. The van der Waals surface area contributed by atoms with Gasteiger partial charge in [-0.2, -0.15) is 0 Å². The number of para-hydroxylation sites is 1. The molecule has 0 amide bonds. The van der Waals surface area contributed by atoms with Gasteiger partial charge in [-0.25, -0.2) is 4.79 Å². The summed E-state index contributed by atoms with van der Waals surface area (Å²) in [7, 11) is 1.34. The van der Waals surface area contributed by atoms with Crippen LogP contribution in [0.2, 0.25) is 0 Å². The van der Waals surface area contributed by atoms with E-state index in [0.717, 1.165) is 5.56 Å². The summed E-state index contributed by atoms with van der Waals surface area (Å²) in [5.41, 5.74) is 0.751. The molecular formula is C15H13O3. The zero-order chi connectivity index (χ0) is 12.8. The molecule has 18 heavy (non-hydrogen) atoms. The van der Waals surface area contributed by atoms with Crippen molar-refractivity contribution in [2.45, 2.75) is 6.10 Å². The van der Waals surface area contributed by atoms with Gasteiger partial charge in [0.1, 0.15) is 5.75 Å². The van der Waals surface area contributed by atoms with Crippen molar-refractivity contribution in [3.05, 3.63) is 66.2 Å². The number of carbonyl (C=O) groups is 1. The summed E-state index contributed by atoms with van der Waals surface area (Å²) >= 11 is 0. The highest BCUT2D eigenvalue weighted by Crippen LogP contribution is 2.22. The number of methoxy groups -OCH3 is 1. The van der Waals surface area contributed by atoms with E-state index in [2.05, 4.69) is 6.07 Å². The van der Waals surface area contributed by atoms with E-state index in [1.165, 1.54) is 7.11 Å². The van der Waals surface area contributed by atoms with Crippen LogP contribution in [0, 0.1) is 6.07 Å². The SMILES string of the molecule is COC(=O)C(Oc1[c]cccc1)c1ccccc1. The Morgan fingerprint density at radius 1 is 1.11 bits per heavy atom. The second-order valence-electron chi connectivity index (χ2n) is 3.66. The van der Waals surface area contributed by atoms with Crippen molar-refractivity contribution in [2.75, 3.05) is 7.11 Å². The minimum absolute atomic E-state index is 0.432. The number of benzene rings is 2. The Balaban J connectivity index is 2.24. The van der Waals surface area contributed by atoms with E-state index >= 15 is 0 Å². The number of hydrogen-bond donors (Lipinski definition) is 0. The molecule has 2 rings (SSSR count). The molecule has 0 aliphatic rings. The van der Waals surface area contributed by atoms with E-state index in [1.807, 2.05) is 42.5 Å². The summed E-state index contributed by atoms with van der Waals surface area (Å²) < 4.78 is 10.4. The topological polar surface area (TPSA) is 35.5 Å². The fourth-order valence-corrected chi connectivity index (χ4v) is 1.56. The van der Waals surface area contributed by atoms with Gasteiger partial charge < -0.3 is 9.47 Å². The molecule has 0 bridgehead atoms. The molecule has 1 atom stereocenters. The van der Waals surface area contributed by atoms with Gasteiger partial charge >= 0.3 is 5.97 Å². The maximum Gasteiger partial charge on any atom is 0.351 e. The number of ether oxygens (including phenoxy) is 2. The fourth-order valence-electron chi connectivity index (χ4n) is 1.56. The van der Waals surface area contributed by atoms with Crippen molar-refractivity contribution in [1.29, 1.82) is 0 Å². The van der Waals surface area contributed by atoms with Crippen LogP contribution in [-0.4, -0.2) is 13.1 Å². The quantitative estimate of drug-likeness (QED) is 0.772. The smallest absolute Gasteiger partial charge is 0.351 e. The van der Waals surface area contributed by atoms with E-state index in [9.17, 15) is 4.79 Å². The summed E-state index contributed by atoms with van der Waals surface area (Å²) in [6.07, 6.45) is -0.769. The molecule has 0 aliphatic heterocycles. The monoisotopic (exact) mass is 241 g/mol. The first-order valence-electron chi connectivity index (χ1n) is 5.57. The van der Waals surface area contributed by atoms with E-state index < -0.39 is 12.1 Å². The molecule has 2 aromatic carbocycles. The maximum atomic E-state index is 11.8. The van der Waals surface area contributed by atoms with E-state index in [-0.39, 0.29) is 0 Å². The maximum absolute atomic E-state index is 11.8. The van der Waals surface area contributed by atoms with Gasteiger partial charge in [0.05, 0.1) is 7.11 Å². The molecule has 1 radical (unpaired) electrons. The van der Waals surface area contributed by atoms with Crippen molar-refractivity contribution in [3.63, 3.8) is 0 Å². The third kappa shape index (κ3) is 2.88. The number of carbonyl (C=O) groups excluding carboxylic acids is 1. The molecule has 0 aliphatic carbocycles. The van der Waals surface area contributed by atoms with Crippen molar-refractivity contribution in [2.24, 2.45) is 0 Å². The summed E-state index contributed by atoms with van der Waals surface area (Å²) in [6.45, 7) is 0. The number of rotatable bonds is 4. The fraction of sp³-hybridized carbons (Fsp3) is 0.133. The third-order valence-electron chi connectivity index (χ3n) is 2.44. The summed E-state index contributed by atoms with van der Waals surface area (Å²) in [4.78, 5) is 11.8. The first kappa shape index (κ1) is 12.2. The summed E-state index contributed by atoms with van der Waals surface area (Å²) in [5.74, 6) is 0.0789. The Morgan fingerprint density at radius 2 is 1.83 bits per heavy atom. The molecule has 2 aromatic rings. The van der Waals surface area contributed by atoms with E-state index in [4.69, 9.17) is 9.47 Å². The Hall–Kier alpha value is -2.29. The van der Waals surface area contributed by atoms with Gasteiger partial charge in [-0.05, 0) is 6.07 Å². The molecule has 91 valence electrons. The normalized spacial score (nSPS) is 11.6. The van der Waals surface area contributed by atoms with Crippen molar-refractivity contribution < 1.29 is 14.3 Å². The number of esters is 1. The average Bonchev–Trinajstić information content (AvgIpc) is 2.46. The largest absolute Gasteiger partial charge is 0.473 e. The Labute approximate surface area is 106 Å². The van der Waals surface area contributed by atoms with Gasteiger partial charge in [-0.3, -0.25) is 0 Å². The predicted octanol–water partition coefficient (Wildman–Crippen LogP) is 2.78. The molecule has 3 heteroatoms. The van der Waals surface area contributed by atoms with Crippen LogP contribution in [0.15, 0.2) is 54.6 Å². The summed E-state index contributed by atoms with van der Waals surface area (Å²) in [5, 5.41) is 0. The van der Waals surface area contributed by atoms with Crippen LogP contribution in [0.25, 0.3) is 0 Å². The van der Waals surface area contributed by atoms with Crippen LogP contribution in [0.4, 0.5) is 0 Å². The molecule has 0 N–H and O–H groups in total. The Kier molecular flexibility index (Phi) is 3.97. The zero-order valence-electron chi connectivity index (χ0n) is 10.00. The minimum Gasteiger partial charge on any atom is -0.473 e. The molecule has 1 unspecified atom stereocenters. The van der Waals surface area contributed by atoms with Crippen molar-refractivity contribution in [3.8, 4) is 5.75 Å². The standard InChI is InChI=1S/C15H13O3/c1-17-15(16)14(12-8-4-2-5-9-12)18-13-10-6-3-7-11-13/h2-10,14H,1H3. The molecule has 0 saturated carbocycles. The first-order chi connectivity index (χ1) is 8.81. The lowest BCUT2D eigenvalue weighted by Crippen LogP contribution is -2.20. The molecule has 3 nitrogen and oxygen atoms in total. The molecule has 0 spiro atoms. The van der Waals surface area contributed by atoms with Crippen LogP contribution in [0.1, 0.15) is 11.7 Å². The molecular weight excluding hydrogens is 228 g/mol. The molecule has 0 heterocycles. The highest BCUT2D eigenvalue weighted by molar-refractivity contribution is 5.76. The highest BCUT2D eigenvalue weighted by Gasteiger charge is 2.23. The van der Waals surface area contributed by atoms with Crippen LogP contribution in [0.5, 0.6) is 5.75 Å². The van der Waals surface area contributed by atoms with Gasteiger partial charge in [-0.1, -0.05) is 48.5 Å². The van der Waals surface area contributed by atoms with Crippen LogP contribution in [-0.2, 0) is 9.53 Å². The van der Waals surface area contributed by atoms with E-state index in [0.29, 0.717) is 5.75 Å². The van der Waals surface area contributed by atoms with Gasteiger partial charge in [0.25, 0.3) is 0 Å². The van der Waals surface area contributed by atoms with E-state index in [1.54, 1.807) is 12.1 Å². The van der Waals surface area contributed by atoms with Gasteiger partial charge in [0.2, 0.25) is 6.10 Å². The average molecular weight is 241 g/mol. The van der Waals surface area contributed by atoms with Crippen molar-refractivity contribution in [1.82, 2.24) is 0 Å². The van der Waals surface area contributed by atoms with Gasteiger partial charge in [0, 0.05) is 11.6 Å². The lowest BCUT2D eigenvalue weighted by Gasteiger charge is -2.16. The third-order valence-corrected chi connectivity index (χ3v) is 2.44. The van der Waals surface area contributed by atoms with Crippen molar-refractivity contribution >= 4 is 5.97 Å². The Bertz CT molecular complexity index is 494. The predicted molar refractivity (Wildman–Crippen MR) is 67.1 cm³/mol.